The molecule has 0 amide bonds. The summed E-state index contributed by atoms with van der Waals surface area (Å²) < 4.78 is 0. The Labute approximate surface area is 110 Å². The van der Waals surface area contributed by atoms with Crippen LogP contribution in [-0.2, 0) is 9.59 Å². The Morgan fingerprint density at radius 3 is 1.31 bits per heavy atom. The number of carboxylic acid groups (broad SMARTS) is 2. The van der Waals surface area contributed by atoms with Crippen molar-refractivity contribution in [3.05, 3.63) is 0 Å². The summed E-state index contributed by atoms with van der Waals surface area (Å²) in [7, 11) is 0. The first-order chi connectivity index (χ1) is 5.04. The molecule has 0 saturated carbocycles. The van der Waals surface area contributed by atoms with Crippen molar-refractivity contribution in [2.45, 2.75) is 33.1 Å². The molecular weight excluding hydrogens is 197 g/mol. The van der Waals surface area contributed by atoms with Gasteiger partial charge in [0.05, 0.1) is 0 Å². The lowest BCUT2D eigenvalue weighted by Crippen LogP contribution is -1.90. The van der Waals surface area contributed by atoms with E-state index in [2.05, 4.69) is 0 Å². The number of aliphatic carboxylic acids is 2. The highest BCUT2D eigenvalue weighted by Crippen LogP contribution is 1.82. The van der Waals surface area contributed by atoms with E-state index in [1.54, 1.807) is 6.92 Å². The van der Waals surface area contributed by atoms with Crippen molar-refractivity contribution in [2.24, 2.45) is 0 Å². The van der Waals surface area contributed by atoms with Crippen molar-refractivity contribution in [1.29, 1.82) is 0 Å². The smallest absolute Gasteiger partial charge is 0.316 e. The molecule has 0 unspecified atom stereocenters. The fourth-order valence-electron chi connectivity index (χ4n) is 0.214. The average Bonchev–Trinajstić information content (AvgIpc) is 1.89. The van der Waals surface area contributed by atoms with Crippen LogP contribution in [0.5, 0.6) is 0 Å². The first-order valence-corrected chi connectivity index (χ1v) is 3.48. The van der Waals surface area contributed by atoms with E-state index in [4.69, 9.17) is 10.2 Å². The van der Waals surface area contributed by atoms with Gasteiger partial charge in [-0.15, -0.1) is 0 Å². The second-order valence-corrected chi connectivity index (χ2v) is 1.89. The summed E-state index contributed by atoms with van der Waals surface area (Å²) in [6.07, 6.45) is 1.25. The topological polar surface area (TPSA) is 74.6 Å². The van der Waals surface area contributed by atoms with Crippen LogP contribution in [0.4, 0.5) is 0 Å². The van der Waals surface area contributed by atoms with E-state index in [1.807, 2.05) is 6.92 Å². The molecule has 0 aliphatic rings. The minimum atomic E-state index is -0.745. The number of rotatable bonds is 3. The minimum Gasteiger partial charge on any atom is -0.481 e. The number of carboxylic acids is 2. The van der Waals surface area contributed by atoms with E-state index in [1.165, 1.54) is 0 Å². The Balaban J connectivity index is -0.0000000546. The third kappa shape index (κ3) is 45.7. The molecule has 0 radical (unpaired) electrons. The third-order valence-corrected chi connectivity index (χ3v) is 0.766. The van der Waals surface area contributed by atoms with Gasteiger partial charge in [0, 0.05) is 12.8 Å². The van der Waals surface area contributed by atoms with E-state index in [0.717, 1.165) is 6.42 Å². The molecule has 4 nitrogen and oxygen atoms in total. The van der Waals surface area contributed by atoms with Gasteiger partial charge in [0.1, 0.15) is 0 Å². The molecule has 0 saturated heterocycles. The molecule has 0 fully saturated rings. The molecule has 0 aromatic heterocycles. The van der Waals surface area contributed by atoms with Crippen molar-refractivity contribution in [3.63, 3.8) is 0 Å². The Morgan fingerprint density at radius 2 is 1.31 bits per heavy atom. The highest BCUT2D eigenvalue weighted by Gasteiger charge is 1.87. The first kappa shape index (κ1) is 23.4. The van der Waals surface area contributed by atoms with E-state index in [-0.39, 0.29) is 52.5 Å². The molecule has 0 bridgehead atoms. The molecule has 0 heterocycles. The average molecular weight is 215 g/mol. The molecule has 0 aliphatic heterocycles. The second kappa shape index (κ2) is 18.3. The Morgan fingerprint density at radius 1 is 1.00 bits per heavy atom. The summed E-state index contributed by atoms with van der Waals surface area (Å²) in [6, 6.07) is 0. The standard InChI is InChI=1S/C4H8O2.C3H6O2.2Mg.4H/c1-2-3-4(5)6;1-2-3(4)5;;;;;;/h2-3H2,1H3,(H,5,6);2H2,1H3,(H,4,5);;;;;;. The van der Waals surface area contributed by atoms with Crippen LogP contribution in [-0.4, -0.2) is 68.3 Å². The SMILES string of the molecule is CCC(=O)O.CCCC(=O)O.[MgH2].[MgH2]. The molecule has 2 N–H and O–H groups in total. The summed E-state index contributed by atoms with van der Waals surface area (Å²) in [5, 5.41) is 15.6. The predicted molar refractivity (Wildman–Crippen MR) is 57.6 cm³/mol. The lowest BCUT2D eigenvalue weighted by molar-refractivity contribution is -0.137. The highest BCUT2D eigenvalue weighted by molar-refractivity contribution is 5.76. The van der Waals surface area contributed by atoms with Gasteiger partial charge in [-0.1, -0.05) is 13.8 Å². The van der Waals surface area contributed by atoms with Crippen LogP contribution >= 0.6 is 0 Å². The summed E-state index contributed by atoms with van der Waals surface area (Å²) in [5.74, 6) is -1.46. The van der Waals surface area contributed by atoms with Gasteiger partial charge in [-0.3, -0.25) is 9.59 Å². The van der Waals surface area contributed by atoms with Crippen molar-refractivity contribution >= 4 is 58.0 Å². The van der Waals surface area contributed by atoms with Gasteiger partial charge < -0.3 is 10.2 Å². The lowest BCUT2D eigenvalue weighted by atomic mass is 10.4. The van der Waals surface area contributed by atoms with Crippen LogP contribution in [0.2, 0.25) is 0 Å². The maximum absolute atomic E-state index is 9.60. The van der Waals surface area contributed by atoms with Crippen molar-refractivity contribution in [3.8, 4) is 0 Å². The lowest BCUT2D eigenvalue weighted by Gasteiger charge is -1.79. The number of hydrogen-bond acceptors (Lipinski definition) is 2. The predicted octanol–water partition coefficient (Wildman–Crippen LogP) is -0.480. The largest absolute Gasteiger partial charge is 0.481 e. The monoisotopic (exact) mass is 214 g/mol. The van der Waals surface area contributed by atoms with Gasteiger partial charge in [0.15, 0.2) is 0 Å². The molecule has 13 heavy (non-hydrogen) atoms. The van der Waals surface area contributed by atoms with E-state index in [9.17, 15) is 9.59 Å². The van der Waals surface area contributed by atoms with Crippen LogP contribution in [0.3, 0.4) is 0 Å². The molecule has 74 valence electrons. The van der Waals surface area contributed by atoms with Gasteiger partial charge in [-0.25, -0.2) is 0 Å². The van der Waals surface area contributed by atoms with Gasteiger partial charge in [-0.05, 0) is 6.42 Å². The van der Waals surface area contributed by atoms with Gasteiger partial charge >= 0.3 is 58.0 Å². The van der Waals surface area contributed by atoms with E-state index in [0.29, 0.717) is 6.42 Å². The highest BCUT2D eigenvalue weighted by atomic mass is 24.3. The van der Waals surface area contributed by atoms with Crippen molar-refractivity contribution in [1.82, 2.24) is 0 Å². The van der Waals surface area contributed by atoms with Crippen LogP contribution in [0.15, 0.2) is 0 Å². The Kier molecular flexibility index (Phi) is 32.9. The quantitative estimate of drug-likeness (QED) is 0.623. The zero-order valence-corrected chi connectivity index (χ0v) is 6.83. The third-order valence-electron chi connectivity index (χ3n) is 0.766. The molecule has 0 aromatic carbocycles. The van der Waals surface area contributed by atoms with Gasteiger partial charge in [0.2, 0.25) is 0 Å². The molecule has 0 spiro atoms. The Hall–Kier alpha value is 0.472. The zero-order chi connectivity index (χ0) is 9.28. The van der Waals surface area contributed by atoms with Crippen molar-refractivity contribution < 1.29 is 19.8 Å². The number of carbonyl (C=O) groups is 2. The molecule has 0 atom stereocenters. The molecule has 6 heteroatoms. The minimum absolute atomic E-state index is 0. The molecule has 0 aliphatic carbocycles. The number of hydrogen-bond donors (Lipinski definition) is 2. The van der Waals surface area contributed by atoms with Crippen LogP contribution < -0.4 is 0 Å². The Bertz CT molecular complexity index is 128. The molecule has 0 aromatic rings. The van der Waals surface area contributed by atoms with Crippen LogP contribution in [0.25, 0.3) is 0 Å². The van der Waals surface area contributed by atoms with E-state index < -0.39 is 11.9 Å². The van der Waals surface area contributed by atoms with Gasteiger partial charge in [-0.2, -0.15) is 0 Å². The maximum atomic E-state index is 9.60. The zero-order valence-electron chi connectivity index (χ0n) is 6.83. The fourth-order valence-corrected chi connectivity index (χ4v) is 0.214. The summed E-state index contributed by atoms with van der Waals surface area (Å²) in [4.78, 5) is 19.0. The normalized spacial score (nSPS) is 6.62. The summed E-state index contributed by atoms with van der Waals surface area (Å²) in [5.41, 5.74) is 0. The van der Waals surface area contributed by atoms with Crippen LogP contribution in [0, 0.1) is 0 Å². The molecule has 0 rings (SSSR count). The first-order valence-electron chi connectivity index (χ1n) is 3.48. The maximum Gasteiger partial charge on any atom is 0.316 e. The van der Waals surface area contributed by atoms with E-state index >= 15 is 0 Å². The summed E-state index contributed by atoms with van der Waals surface area (Å²) in [6.45, 7) is 3.44. The summed E-state index contributed by atoms with van der Waals surface area (Å²) >= 11 is 0. The van der Waals surface area contributed by atoms with Crippen LogP contribution in [0.1, 0.15) is 33.1 Å². The fraction of sp³-hybridized carbons (Fsp3) is 0.714. The second-order valence-electron chi connectivity index (χ2n) is 1.89. The molecular formula is C7H18Mg2O4. The van der Waals surface area contributed by atoms with Crippen molar-refractivity contribution in [2.75, 3.05) is 0 Å². The van der Waals surface area contributed by atoms with Gasteiger partial charge in [0.25, 0.3) is 0 Å².